The highest BCUT2D eigenvalue weighted by molar-refractivity contribution is 5.78. The van der Waals surface area contributed by atoms with Gasteiger partial charge in [0.1, 0.15) is 0 Å². The molecule has 0 aromatic heterocycles. The third-order valence-corrected chi connectivity index (χ3v) is 2.35. The first-order valence-corrected chi connectivity index (χ1v) is 3.52. The smallest absolute Gasteiger partial charge is 0.220 e. The van der Waals surface area contributed by atoms with Crippen molar-refractivity contribution in [1.82, 2.24) is 5.32 Å². The second-order valence-electron chi connectivity index (χ2n) is 2.95. The van der Waals surface area contributed by atoms with Crippen LogP contribution in [0.2, 0.25) is 0 Å². The minimum Gasteiger partial charge on any atom is -0.352 e. The minimum atomic E-state index is 0.110. The lowest BCUT2D eigenvalue weighted by molar-refractivity contribution is -0.122. The molecular formula is C7H8N2O. The normalized spacial score (nSPS) is 43.1. The Morgan fingerprint density at radius 2 is 2.50 bits per heavy atom. The van der Waals surface area contributed by atoms with Gasteiger partial charge in [0.05, 0.1) is 12.0 Å². The van der Waals surface area contributed by atoms with Crippen LogP contribution in [0.4, 0.5) is 0 Å². The number of nitrogens with zero attached hydrogens (tertiary/aromatic N) is 1. The second-order valence-corrected chi connectivity index (χ2v) is 2.95. The number of nitrogens with one attached hydrogen (secondary N) is 1. The summed E-state index contributed by atoms with van der Waals surface area (Å²) in [5, 5.41) is 11.3. The van der Waals surface area contributed by atoms with Crippen molar-refractivity contribution < 1.29 is 4.79 Å². The second kappa shape index (κ2) is 1.72. The highest BCUT2D eigenvalue weighted by atomic mass is 16.1. The lowest BCUT2D eigenvalue weighted by Gasteiger charge is -2.07. The first kappa shape index (κ1) is 5.72. The van der Waals surface area contributed by atoms with Gasteiger partial charge in [-0.15, -0.1) is 0 Å². The maximum Gasteiger partial charge on any atom is 0.220 e. The number of amides is 1. The summed E-state index contributed by atoms with van der Waals surface area (Å²) in [4.78, 5) is 10.7. The van der Waals surface area contributed by atoms with Gasteiger partial charge in [-0.05, 0) is 12.3 Å². The predicted octanol–water partition coefficient (Wildman–Crippen LogP) is 0.0346. The molecule has 0 radical (unpaired) electrons. The third-order valence-electron chi connectivity index (χ3n) is 2.35. The van der Waals surface area contributed by atoms with E-state index in [2.05, 4.69) is 11.4 Å². The molecule has 3 atom stereocenters. The molecular weight excluding hydrogens is 128 g/mol. The van der Waals surface area contributed by atoms with Crippen LogP contribution in [0.15, 0.2) is 0 Å². The first-order chi connectivity index (χ1) is 4.83. The molecule has 1 N–H and O–H groups in total. The molecule has 1 saturated carbocycles. The fraction of sp³-hybridized carbons (Fsp3) is 0.714. The van der Waals surface area contributed by atoms with E-state index in [9.17, 15) is 4.79 Å². The first-order valence-electron chi connectivity index (χ1n) is 3.52. The molecule has 0 aromatic rings. The lowest BCUT2D eigenvalue weighted by atomic mass is 10.1. The van der Waals surface area contributed by atoms with Crippen molar-refractivity contribution in [2.45, 2.75) is 18.9 Å². The van der Waals surface area contributed by atoms with E-state index in [1.54, 1.807) is 0 Å². The Labute approximate surface area is 59.0 Å². The Bertz CT molecular complexity index is 218. The van der Waals surface area contributed by atoms with E-state index in [-0.39, 0.29) is 17.9 Å². The summed E-state index contributed by atoms with van der Waals surface area (Å²) in [7, 11) is 0. The van der Waals surface area contributed by atoms with Crippen molar-refractivity contribution in [3.63, 3.8) is 0 Å². The Kier molecular flexibility index (Phi) is 0.986. The molecule has 2 aliphatic rings. The molecule has 0 aromatic carbocycles. The summed E-state index contributed by atoms with van der Waals surface area (Å²) in [6.07, 6.45) is 1.52. The van der Waals surface area contributed by atoms with Crippen LogP contribution < -0.4 is 5.32 Å². The summed E-state index contributed by atoms with van der Waals surface area (Å²) >= 11 is 0. The average molecular weight is 136 g/mol. The van der Waals surface area contributed by atoms with Crippen LogP contribution in [0.1, 0.15) is 12.8 Å². The molecule has 1 saturated heterocycles. The number of piperidine rings is 1. The predicted molar refractivity (Wildman–Crippen MR) is 33.8 cm³/mol. The van der Waals surface area contributed by atoms with E-state index in [1.807, 2.05) is 0 Å². The van der Waals surface area contributed by atoms with Crippen LogP contribution in [-0.4, -0.2) is 11.9 Å². The van der Waals surface area contributed by atoms with Gasteiger partial charge < -0.3 is 5.32 Å². The summed E-state index contributed by atoms with van der Waals surface area (Å²) in [6.45, 7) is 0. The molecule has 3 unspecified atom stereocenters. The van der Waals surface area contributed by atoms with Gasteiger partial charge in [0, 0.05) is 12.5 Å². The molecule has 2 rings (SSSR count). The zero-order valence-electron chi connectivity index (χ0n) is 5.50. The van der Waals surface area contributed by atoms with Crippen molar-refractivity contribution in [2.24, 2.45) is 11.8 Å². The monoisotopic (exact) mass is 136 g/mol. The van der Waals surface area contributed by atoms with Gasteiger partial charge in [-0.3, -0.25) is 4.79 Å². The molecule has 1 heterocycles. The number of fused-ring (bicyclic) bond motifs is 1. The lowest BCUT2D eigenvalue weighted by Crippen LogP contribution is -2.30. The van der Waals surface area contributed by atoms with Crippen molar-refractivity contribution in [1.29, 1.82) is 5.26 Å². The van der Waals surface area contributed by atoms with Gasteiger partial charge in [0.2, 0.25) is 5.91 Å². The standard InChI is InChI=1S/C7H8N2O/c8-3-5-4-1-2-6(10)9-7(4)5/h4-5,7H,1-2H2,(H,9,10). The summed E-state index contributed by atoms with van der Waals surface area (Å²) < 4.78 is 0. The van der Waals surface area contributed by atoms with Crippen LogP contribution in [-0.2, 0) is 4.79 Å². The Balaban J connectivity index is 2.05. The fourth-order valence-corrected chi connectivity index (χ4v) is 1.66. The van der Waals surface area contributed by atoms with E-state index in [1.165, 1.54) is 0 Å². The van der Waals surface area contributed by atoms with E-state index in [0.717, 1.165) is 6.42 Å². The van der Waals surface area contributed by atoms with Gasteiger partial charge in [-0.2, -0.15) is 5.26 Å². The zero-order valence-corrected chi connectivity index (χ0v) is 5.50. The molecule has 1 aliphatic carbocycles. The molecule has 1 aliphatic heterocycles. The fourth-order valence-electron chi connectivity index (χ4n) is 1.66. The molecule has 0 spiro atoms. The Hall–Kier alpha value is -1.04. The van der Waals surface area contributed by atoms with E-state index < -0.39 is 0 Å². The minimum absolute atomic E-state index is 0.110. The summed E-state index contributed by atoms with van der Waals surface area (Å²) in [5.41, 5.74) is 0. The summed E-state index contributed by atoms with van der Waals surface area (Å²) in [5.74, 6) is 0.702. The summed E-state index contributed by atoms with van der Waals surface area (Å²) in [6, 6.07) is 2.39. The zero-order chi connectivity index (χ0) is 7.14. The number of hydrogen-bond donors (Lipinski definition) is 1. The Morgan fingerprint density at radius 1 is 1.70 bits per heavy atom. The molecule has 10 heavy (non-hydrogen) atoms. The van der Waals surface area contributed by atoms with Crippen molar-refractivity contribution >= 4 is 5.91 Å². The topological polar surface area (TPSA) is 52.9 Å². The number of hydrogen-bond acceptors (Lipinski definition) is 2. The largest absolute Gasteiger partial charge is 0.352 e. The molecule has 3 heteroatoms. The van der Waals surface area contributed by atoms with Crippen LogP contribution in [0.3, 0.4) is 0 Å². The number of carbonyl (C=O) groups is 1. The maximum absolute atomic E-state index is 10.7. The maximum atomic E-state index is 10.7. The van der Waals surface area contributed by atoms with Gasteiger partial charge in [-0.25, -0.2) is 0 Å². The van der Waals surface area contributed by atoms with Crippen LogP contribution in [0, 0.1) is 23.2 Å². The van der Waals surface area contributed by atoms with Crippen LogP contribution >= 0.6 is 0 Å². The van der Waals surface area contributed by atoms with E-state index in [0.29, 0.717) is 12.3 Å². The number of rotatable bonds is 0. The van der Waals surface area contributed by atoms with Gasteiger partial charge in [-0.1, -0.05) is 0 Å². The van der Waals surface area contributed by atoms with Crippen LogP contribution in [0.25, 0.3) is 0 Å². The molecule has 52 valence electrons. The van der Waals surface area contributed by atoms with Crippen LogP contribution in [0.5, 0.6) is 0 Å². The van der Waals surface area contributed by atoms with Crippen molar-refractivity contribution in [3.8, 4) is 6.07 Å². The molecule has 1 amide bonds. The average Bonchev–Trinajstić information content (AvgIpc) is 2.60. The SMILES string of the molecule is N#CC1C2CCC(=O)NC12. The van der Waals surface area contributed by atoms with E-state index >= 15 is 0 Å². The molecule has 3 nitrogen and oxygen atoms in total. The van der Waals surface area contributed by atoms with Gasteiger partial charge in [0.15, 0.2) is 0 Å². The number of nitriles is 1. The molecule has 0 bridgehead atoms. The highest BCUT2D eigenvalue weighted by Crippen LogP contribution is 2.44. The third kappa shape index (κ3) is 0.621. The molecule has 2 fully saturated rings. The van der Waals surface area contributed by atoms with Gasteiger partial charge >= 0.3 is 0 Å². The highest BCUT2D eigenvalue weighted by Gasteiger charge is 2.53. The number of carbonyl (C=O) groups excluding carboxylic acids is 1. The van der Waals surface area contributed by atoms with Crippen molar-refractivity contribution in [3.05, 3.63) is 0 Å². The Morgan fingerprint density at radius 3 is 3.10 bits per heavy atom. The quantitative estimate of drug-likeness (QED) is 0.511. The van der Waals surface area contributed by atoms with Gasteiger partial charge in [0.25, 0.3) is 0 Å². The van der Waals surface area contributed by atoms with E-state index in [4.69, 9.17) is 5.26 Å². The van der Waals surface area contributed by atoms with Crippen molar-refractivity contribution in [2.75, 3.05) is 0 Å².